The monoisotopic (exact) mass is 182 g/mol. The first-order chi connectivity index (χ1) is 6.34. The molecule has 0 radical (unpaired) electrons. The zero-order valence-corrected chi connectivity index (χ0v) is 7.57. The molecule has 0 amide bonds. The molecule has 0 atom stereocenters. The molecular weight excluding hydrogens is 168 g/mol. The van der Waals surface area contributed by atoms with Crippen LogP contribution >= 0.6 is 0 Å². The number of nitrogens with zero attached hydrogens (tertiary/aromatic N) is 3. The van der Waals surface area contributed by atoms with E-state index in [-0.39, 0.29) is 5.95 Å². The minimum Gasteiger partial charge on any atom is -0.365 e. The first-order valence-corrected chi connectivity index (χ1v) is 4.65. The van der Waals surface area contributed by atoms with Crippen LogP contribution < -0.4 is 5.73 Å². The Morgan fingerprint density at radius 2 is 2.15 bits per heavy atom. The summed E-state index contributed by atoms with van der Waals surface area (Å²) in [7, 11) is 0. The second-order valence-corrected chi connectivity index (χ2v) is 3.35. The molecular formula is C8H14N4O. The average molecular weight is 182 g/mol. The van der Waals surface area contributed by atoms with Crippen molar-refractivity contribution in [3.8, 4) is 0 Å². The van der Waals surface area contributed by atoms with Gasteiger partial charge in [0.25, 0.3) is 5.95 Å². The molecule has 2 N–H and O–H groups in total. The Hall–Kier alpha value is -1.10. The van der Waals surface area contributed by atoms with Crippen LogP contribution in [0.3, 0.4) is 0 Å². The van der Waals surface area contributed by atoms with E-state index >= 15 is 0 Å². The van der Waals surface area contributed by atoms with Crippen LogP contribution in [0.1, 0.15) is 18.7 Å². The quantitative estimate of drug-likeness (QED) is 0.727. The van der Waals surface area contributed by atoms with E-state index < -0.39 is 0 Å². The summed E-state index contributed by atoms with van der Waals surface area (Å²) in [6.45, 7) is 3.40. The van der Waals surface area contributed by atoms with E-state index in [0.717, 1.165) is 13.0 Å². The highest BCUT2D eigenvalue weighted by molar-refractivity contribution is 5.10. The summed E-state index contributed by atoms with van der Waals surface area (Å²) in [6.07, 6.45) is 3.43. The summed E-state index contributed by atoms with van der Waals surface area (Å²) in [6, 6.07) is 0. The van der Waals surface area contributed by atoms with Crippen molar-refractivity contribution in [3.05, 3.63) is 5.89 Å². The number of hydrogen-bond acceptors (Lipinski definition) is 5. The Morgan fingerprint density at radius 1 is 1.38 bits per heavy atom. The minimum atomic E-state index is 0.233. The van der Waals surface area contributed by atoms with E-state index in [0.29, 0.717) is 5.89 Å². The lowest BCUT2D eigenvalue weighted by molar-refractivity contribution is 0.312. The highest BCUT2D eigenvalue weighted by atomic mass is 16.5. The fourth-order valence-corrected chi connectivity index (χ4v) is 1.63. The maximum atomic E-state index is 5.33. The van der Waals surface area contributed by atoms with Crippen molar-refractivity contribution in [1.82, 2.24) is 15.0 Å². The second kappa shape index (κ2) is 3.74. The third-order valence-electron chi connectivity index (χ3n) is 2.32. The van der Waals surface area contributed by atoms with Crippen LogP contribution in [0.25, 0.3) is 0 Å². The van der Waals surface area contributed by atoms with Crippen molar-refractivity contribution >= 4 is 5.95 Å². The Balaban J connectivity index is 1.78. The number of rotatable bonds is 3. The minimum absolute atomic E-state index is 0.233. The first-order valence-electron chi connectivity index (χ1n) is 4.65. The van der Waals surface area contributed by atoms with Crippen molar-refractivity contribution in [2.75, 3.05) is 25.4 Å². The van der Waals surface area contributed by atoms with Crippen LogP contribution in [-0.4, -0.2) is 34.7 Å². The first kappa shape index (κ1) is 8.50. The Bertz CT molecular complexity index is 267. The molecule has 1 aliphatic rings. The highest BCUT2D eigenvalue weighted by Crippen LogP contribution is 2.08. The Labute approximate surface area is 76.9 Å². The third-order valence-corrected chi connectivity index (χ3v) is 2.32. The molecule has 0 aromatic carbocycles. The molecule has 1 saturated heterocycles. The normalized spacial score (nSPS) is 18.2. The summed E-state index contributed by atoms with van der Waals surface area (Å²) in [5.74, 6) is 0.876. The van der Waals surface area contributed by atoms with Gasteiger partial charge in [-0.05, 0) is 31.1 Å². The van der Waals surface area contributed by atoms with E-state index in [9.17, 15) is 0 Å². The number of likely N-dealkylation sites (tertiary alicyclic amines) is 1. The van der Waals surface area contributed by atoms with Gasteiger partial charge >= 0.3 is 0 Å². The second-order valence-electron chi connectivity index (χ2n) is 3.35. The summed E-state index contributed by atoms with van der Waals surface area (Å²) < 4.78 is 4.91. The van der Waals surface area contributed by atoms with Gasteiger partial charge < -0.3 is 15.2 Å². The predicted molar refractivity (Wildman–Crippen MR) is 48.1 cm³/mol. The SMILES string of the molecule is Nc1noc(CCN2CCCC2)n1. The van der Waals surface area contributed by atoms with Gasteiger partial charge in [0.15, 0.2) is 0 Å². The van der Waals surface area contributed by atoms with Gasteiger partial charge in [-0.3, -0.25) is 0 Å². The smallest absolute Gasteiger partial charge is 0.260 e. The molecule has 1 aromatic rings. The van der Waals surface area contributed by atoms with E-state index in [1.807, 2.05) is 0 Å². The molecule has 0 bridgehead atoms. The van der Waals surface area contributed by atoms with Gasteiger partial charge in [-0.1, -0.05) is 0 Å². The largest absolute Gasteiger partial charge is 0.365 e. The molecule has 0 spiro atoms. The molecule has 2 rings (SSSR count). The molecule has 72 valence electrons. The van der Waals surface area contributed by atoms with Crippen molar-refractivity contribution in [3.63, 3.8) is 0 Å². The highest BCUT2D eigenvalue weighted by Gasteiger charge is 2.12. The zero-order valence-electron chi connectivity index (χ0n) is 7.57. The number of aromatic nitrogens is 2. The molecule has 0 unspecified atom stereocenters. The third kappa shape index (κ3) is 2.18. The zero-order chi connectivity index (χ0) is 9.10. The number of hydrogen-bond donors (Lipinski definition) is 1. The fraction of sp³-hybridized carbons (Fsp3) is 0.750. The van der Waals surface area contributed by atoms with E-state index in [4.69, 9.17) is 10.3 Å². The van der Waals surface area contributed by atoms with Gasteiger partial charge in [0, 0.05) is 13.0 Å². The maximum absolute atomic E-state index is 5.33. The van der Waals surface area contributed by atoms with Crippen molar-refractivity contribution in [1.29, 1.82) is 0 Å². The summed E-state index contributed by atoms with van der Waals surface area (Å²) in [4.78, 5) is 6.35. The number of anilines is 1. The number of nitrogen functional groups attached to an aromatic ring is 1. The lowest BCUT2D eigenvalue weighted by Gasteiger charge is -2.11. The molecule has 13 heavy (non-hydrogen) atoms. The van der Waals surface area contributed by atoms with Crippen LogP contribution in [0, 0.1) is 0 Å². The van der Waals surface area contributed by atoms with Gasteiger partial charge in [-0.25, -0.2) is 0 Å². The van der Waals surface area contributed by atoms with Gasteiger partial charge in [-0.2, -0.15) is 4.98 Å². The van der Waals surface area contributed by atoms with Crippen molar-refractivity contribution in [2.24, 2.45) is 0 Å². The van der Waals surface area contributed by atoms with Crippen LogP contribution in [0.2, 0.25) is 0 Å². The molecule has 0 saturated carbocycles. The molecule has 1 aliphatic heterocycles. The van der Waals surface area contributed by atoms with Crippen molar-refractivity contribution in [2.45, 2.75) is 19.3 Å². The van der Waals surface area contributed by atoms with E-state index in [1.165, 1.54) is 25.9 Å². The van der Waals surface area contributed by atoms with Crippen LogP contribution in [0.15, 0.2) is 4.52 Å². The molecule has 5 nitrogen and oxygen atoms in total. The van der Waals surface area contributed by atoms with Gasteiger partial charge in [0.1, 0.15) is 0 Å². The average Bonchev–Trinajstić information content (AvgIpc) is 2.71. The van der Waals surface area contributed by atoms with E-state index in [2.05, 4.69) is 15.0 Å². The standard InChI is InChI=1S/C8H14N4O/c9-8-10-7(13-11-8)3-6-12-4-1-2-5-12/h1-6H2,(H2,9,11). The fourth-order valence-electron chi connectivity index (χ4n) is 1.63. The van der Waals surface area contributed by atoms with Crippen LogP contribution in [0.5, 0.6) is 0 Å². The lowest BCUT2D eigenvalue weighted by atomic mass is 10.4. The molecule has 1 fully saturated rings. The van der Waals surface area contributed by atoms with E-state index in [1.54, 1.807) is 0 Å². The molecule has 0 aliphatic carbocycles. The Kier molecular flexibility index (Phi) is 2.44. The summed E-state index contributed by atoms with van der Waals surface area (Å²) in [5.41, 5.74) is 5.33. The van der Waals surface area contributed by atoms with Crippen LogP contribution in [-0.2, 0) is 6.42 Å². The van der Waals surface area contributed by atoms with Gasteiger partial charge in [0.05, 0.1) is 0 Å². The maximum Gasteiger partial charge on any atom is 0.260 e. The van der Waals surface area contributed by atoms with Gasteiger partial charge in [-0.15, -0.1) is 0 Å². The van der Waals surface area contributed by atoms with Crippen LogP contribution in [0.4, 0.5) is 5.95 Å². The summed E-state index contributed by atoms with van der Waals surface area (Å²) >= 11 is 0. The number of nitrogens with two attached hydrogens (primary N) is 1. The lowest BCUT2D eigenvalue weighted by Crippen LogP contribution is -2.22. The molecule has 2 heterocycles. The predicted octanol–water partition coefficient (Wildman–Crippen LogP) is 0.290. The summed E-state index contributed by atoms with van der Waals surface area (Å²) in [5, 5.41) is 3.53. The van der Waals surface area contributed by atoms with Crippen molar-refractivity contribution < 1.29 is 4.52 Å². The molecule has 5 heteroatoms. The molecule has 1 aromatic heterocycles. The Morgan fingerprint density at radius 3 is 2.77 bits per heavy atom. The topological polar surface area (TPSA) is 68.2 Å². The van der Waals surface area contributed by atoms with Gasteiger partial charge in [0.2, 0.25) is 5.89 Å².